The van der Waals surface area contributed by atoms with Gasteiger partial charge in [0.25, 0.3) is 0 Å². The summed E-state index contributed by atoms with van der Waals surface area (Å²) >= 11 is 0. The number of rotatable bonds is 5. The fourth-order valence-electron chi connectivity index (χ4n) is 3.06. The fraction of sp³-hybridized carbons (Fsp3) is 0.647. The van der Waals surface area contributed by atoms with Gasteiger partial charge in [-0.3, -0.25) is 0 Å². The molecule has 0 saturated carbocycles. The SMILES string of the molecule is CCCN1CCC(C(C)Nc2ccc(C)c(F)c2)CC1. The van der Waals surface area contributed by atoms with E-state index in [1.807, 2.05) is 12.1 Å². The third-order valence-electron chi connectivity index (χ3n) is 4.45. The first-order valence-electron chi connectivity index (χ1n) is 7.85. The maximum atomic E-state index is 13.6. The van der Waals surface area contributed by atoms with Gasteiger partial charge in [-0.05, 0) is 76.4 Å². The van der Waals surface area contributed by atoms with E-state index in [1.165, 1.54) is 38.9 Å². The maximum absolute atomic E-state index is 13.6. The highest BCUT2D eigenvalue weighted by atomic mass is 19.1. The van der Waals surface area contributed by atoms with Crippen molar-refractivity contribution in [3.8, 4) is 0 Å². The molecule has 0 spiro atoms. The largest absolute Gasteiger partial charge is 0.382 e. The lowest BCUT2D eigenvalue weighted by Crippen LogP contribution is -2.39. The van der Waals surface area contributed by atoms with E-state index in [0.717, 1.165) is 5.69 Å². The molecule has 2 nitrogen and oxygen atoms in total. The lowest BCUT2D eigenvalue weighted by atomic mass is 9.90. The Morgan fingerprint density at radius 1 is 1.35 bits per heavy atom. The Morgan fingerprint density at radius 3 is 2.65 bits per heavy atom. The standard InChI is InChI=1S/C17H27FN2/c1-4-9-20-10-7-15(8-11-20)14(3)19-16-6-5-13(2)17(18)12-16/h5-6,12,14-15,19H,4,7-11H2,1-3H3. The van der Waals surface area contributed by atoms with Crippen molar-refractivity contribution in [1.29, 1.82) is 0 Å². The van der Waals surface area contributed by atoms with Crippen LogP contribution in [0.2, 0.25) is 0 Å². The van der Waals surface area contributed by atoms with Crippen LogP contribution in [-0.4, -0.2) is 30.6 Å². The van der Waals surface area contributed by atoms with Gasteiger partial charge in [0.15, 0.2) is 0 Å². The van der Waals surface area contributed by atoms with E-state index in [1.54, 1.807) is 13.0 Å². The van der Waals surface area contributed by atoms with E-state index in [9.17, 15) is 4.39 Å². The monoisotopic (exact) mass is 278 g/mol. The average molecular weight is 278 g/mol. The Hall–Kier alpha value is -1.09. The first kappa shape index (κ1) is 15.3. The van der Waals surface area contributed by atoms with Crippen molar-refractivity contribution in [2.45, 2.75) is 46.1 Å². The first-order chi connectivity index (χ1) is 9.60. The van der Waals surface area contributed by atoms with Gasteiger partial charge >= 0.3 is 0 Å². The van der Waals surface area contributed by atoms with Crippen LogP contribution in [0.4, 0.5) is 10.1 Å². The number of aryl methyl sites for hydroxylation is 1. The molecule has 2 rings (SSSR count). The van der Waals surface area contributed by atoms with Crippen LogP contribution in [0, 0.1) is 18.7 Å². The molecule has 1 aromatic rings. The molecule has 112 valence electrons. The summed E-state index contributed by atoms with van der Waals surface area (Å²) in [6.07, 6.45) is 3.71. The number of nitrogens with zero attached hydrogens (tertiary/aromatic N) is 1. The van der Waals surface area contributed by atoms with E-state index in [0.29, 0.717) is 17.5 Å². The van der Waals surface area contributed by atoms with Gasteiger partial charge in [-0.2, -0.15) is 0 Å². The summed E-state index contributed by atoms with van der Waals surface area (Å²) in [5, 5.41) is 3.47. The Balaban J connectivity index is 1.86. The van der Waals surface area contributed by atoms with E-state index in [2.05, 4.69) is 24.1 Å². The summed E-state index contributed by atoms with van der Waals surface area (Å²) in [4.78, 5) is 2.55. The third kappa shape index (κ3) is 3.95. The molecule has 0 aliphatic carbocycles. The maximum Gasteiger partial charge on any atom is 0.128 e. The number of likely N-dealkylation sites (tertiary alicyclic amines) is 1. The minimum atomic E-state index is -0.125. The quantitative estimate of drug-likeness (QED) is 0.874. The number of nitrogens with one attached hydrogen (secondary N) is 1. The Bertz CT molecular complexity index is 425. The molecular formula is C17H27FN2. The molecule has 0 aromatic heterocycles. The van der Waals surface area contributed by atoms with Gasteiger partial charge in [-0.1, -0.05) is 13.0 Å². The Labute approximate surface area is 122 Å². The van der Waals surface area contributed by atoms with Crippen molar-refractivity contribution >= 4 is 5.69 Å². The number of benzene rings is 1. The zero-order valence-electron chi connectivity index (χ0n) is 13.0. The van der Waals surface area contributed by atoms with Crippen molar-refractivity contribution in [3.05, 3.63) is 29.6 Å². The molecule has 0 radical (unpaired) electrons. The van der Waals surface area contributed by atoms with Crippen LogP contribution in [0.1, 0.15) is 38.7 Å². The van der Waals surface area contributed by atoms with Gasteiger partial charge in [0.05, 0.1) is 0 Å². The van der Waals surface area contributed by atoms with E-state index >= 15 is 0 Å². The number of hydrogen-bond acceptors (Lipinski definition) is 2. The second-order valence-corrected chi connectivity index (χ2v) is 6.08. The molecule has 1 saturated heterocycles. The van der Waals surface area contributed by atoms with Crippen LogP contribution in [0.5, 0.6) is 0 Å². The third-order valence-corrected chi connectivity index (χ3v) is 4.45. The molecule has 1 fully saturated rings. The molecule has 0 bridgehead atoms. The Kier molecular flexibility index (Phi) is 5.41. The van der Waals surface area contributed by atoms with Gasteiger partial charge in [0.2, 0.25) is 0 Å². The van der Waals surface area contributed by atoms with Gasteiger partial charge in [-0.15, -0.1) is 0 Å². The van der Waals surface area contributed by atoms with Crippen LogP contribution >= 0.6 is 0 Å². The summed E-state index contributed by atoms with van der Waals surface area (Å²) in [6, 6.07) is 5.83. The molecule has 1 atom stereocenters. The molecule has 0 amide bonds. The minimum absolute atomic E-state index is 0.125. The predicted octanol–water partition coefficient (Wildman–Crippen LogP) is 4.06. The fourth-order valence-corrected chi connectivity index (χ4v) is 3.06. The summed E-state index contributed by atoms with van der Waals surface area (Å²) in [5.74, 6) is 0.562. The highest BCUT2D eigenvalue weighted by molar-refractivity contribution is 5.46. The summed E-state index contributed by atoms with van der Waals surface area (Å²) in [6.45, 7) is 9.88. The number of halogens is 1. The topological polar surface area (TPSA) is 15.3 Å². The minimum Gasteiger partial charge on any atom is -0.382 e. The molecule has 1 aromatic carbocycles. The molecular weight excluding hydrogens is 251 g/mol. The van der Waals surface area contributed by atoms with E-state index in [-0.39, 0.29) is 5.82 Å². The highest BCUT2D eigenvalue weighted by Crippen LogP contribution is 2.24. The second-order valence-electron chi connectivity index (χ2n) is 6.08. The molecule has 1 N–H and O–H groups in total. The normalized spacial score (nSPS) is 19.0. The lowest BCUT2D eigenvalue weighted by Gasteiger charge is -2.35. The van der Waals surface area contributed by atoms with Gasteiger partial charge in [0.1, 0.15) is 5.82 Å². The summed E-state index contributed by atoms with van der Waals surface area (Å²) in [7, 11) is 0. The van der Waals surface area contributed by atoms with Crippen molar-refractivity contribution in [2.75, 3.05) is 25.0 Å². The van der Waals surface area contributed by atoms with Crippen molar-refractivity contribution in [3.63, 3.8) is 0 Å². The predicted molar refractivity (Wildman–Crippen MR) is 83.7 cm³/mol. The summed E-state index contributed by atoms with van der Waals surface area (Å²) in [5.41, 5.74) is 1.60. The molecule has 1 aliphatic rings. The zero-order valence-corrected chi connectivity index (χ0v) is 13.0. The van der Waals surface area contributed by atoms with Crippen LogP contribution in [0.25, 0.3) is 0 Å². The smallest absolute Gasteiger partial charge is 0.128 e. The van der Waals surface area contributed by atoms with E-state index < -0.39 is 0 Å². The molecule has 1 heterocycles. The average Bonchev–Trinajstić information content (AvgIpc) is 2.44. The van der Waals surface area contributed by atoms with Gasteiger partial charge in [0, 0.05) is 11.7 Å². The highest BCUT2D eigenvalue weighted by Gasteiger charge is 2.23. The van der Waals surface area contributed by atoms with Gasteiger partial charge in [-0.25, -0.2) is 4.39 Å². The molecule has 20 heavy (non-hydrogen) atoms. The van der Waals surface area contributed by atoms with Gasteiger partial charge < -0.3 is 10.2 Å². The zero-order chi connectivity index (χ0) is 14.5. The number of hydrogen-bond donors (Lipinski definition) is 1. The molecule has 3 heteroatoms. The van der Waals surface area contributed by atoms with Crippen molar-refractivity contribution in [2.24, 2.45) is 5.92 Å². The number of piperidine rings is 1. The van der Waals surface area contributed by atoms with E-state index in [4.69, 9.17) is 0 Å². The van der Waals surface area contributed by atoms with Crippen molar-refractivity contribution < 1.29 is 4.39 Å². The molecule has 1 aliphatic heterocycles. The number of anilines is 1. The second kappa shape index (κ2) is 7.07. The summed E-state index contributed by atoms with van der Waals surface area (Å²) < 4.78 is 13.6. The lowest BCUT2D eigenvalue weighted by molar-refractivity contribution is 0.176. The van der Waals surface area contributed by atoms with Crippen molar-refractivity contribution in [1.82, 2.24) is 4.90 Å². The Morgan fingerprint density at radius 2 is 2.05 bits per heavy atom. The van der Waals surface area contributed by atoms with Crippen LogP contribution in [0.3, 0.4) is 0 Å². The van der Waals surface area contributed by atoms with Crippen LogP contribution < -0.4 is 5.32 Å². The molecule has 1 unspecified atom stereocenters. The first-order valence-corrected chi connectivity index (χ1v) is 7.85. The van der Waals surface area contributed by atoms with Crippen LogP contribution in [-0.2, 0) is 0 Å². The van der Waals surface area contributed by atoms with Crippen LogP contribution in [0.15, 0.2) is 18.2 Å².